The number of hydrogen-bond donors (Lipinski definition) is 2. The van der Waals surface area contributed by atoms with Gasteiger partial charge >= 0.3 is 0 Å². The molecule has 1 aromatic rings. The van der Waals surface area contributed by atoms with Crippen molar-refractivity contribution < 1.29 is 13.2 Å². The Bertz CT molecular complexity index is 586. The van der Waals surface area contributed by atoms with E-state index in [4.69, 9.17) is 10.5 Å². The van der Waals surface area contributed by atoms with Crippen molar-refractivity contribution in [3.05, 3.63) is 29.8 Å². The van der Waals surface area contributed by atoms with Gasteiger partial charge in [-0.1, -0.05) is 17.9 Å². The van der Waals surface area contributed by atoms with Gasteiger partial charge in [0.05, 0.1) is 25.0 Å². The van der Waals surface area contributed by atoms with Gasteiger partial charge in [0.25, 0.3) is 0 Å². The van der Waals surface area contributed by atoms with Gasteiger partial charge in [-0.3, -0.25) is 4.72 Å². The Labute approximate surface area is 120 Å². The van der Waals surface area contributed by atoms with Crippen molar-refractivity contribution in [2.24, 2.45) is 5.73 Å². The largest absolute Gasteiger partial charge is 0.378 e. The summed E-state index contributed by atoms with van der Waals surface area (Å²) in [6.45, 7) is 4.15. The molecule has 0 atom stereocenters. The summed E-state index contributed by atoms with van der Waals surface area (Å²) in [6, 6.07) is 6.88. The summed E-state index contributed by atoms with van der Waals surface area (Å²) in [5.74, 6) is 5.50. The minimum absolute atomic E-state index is 0.0139. The van der Waals surface area contributed by atoms with E-state index in [1.54, 1.807) is 24.3 Å². The van der Waals surface area contributed by atoms with Crippen molar-refractivity contribution in [3.63, 3.8) is 0 Å². The van der Waals surface area contributed by atoms with E-state index in [-0.39, 0.29) is 25.0 Å². The highest BCUT2D eigenvalue weighted by atomic mass is 32.2. The molecule has 1 rings (SSSR count). The number of hydrogen-bond acceptors (Lipinski definition) is 4. The Morgan fingerprint density at radius 3 is 2.80 bits per heavy atom. The molecule has 0 aliphatic rings. The summed E-state index contributed by atoms with van der Waals surface area (Å²) in [7, 11) is -3.42. The zero-order valence-electron chi connectivity index (χ0n) is 11.7. The maximum atomic E-state index is 11.9. The van der Waals surface area contributed by atoms with Gasteiger partial charge in [-0.2, -0.15) is 0 Å². The van der Waals surface area contributed by atoms with Crippen molar-refractivity contribution in [2.45, 2.75) is 20.0 Å². The van der Waals surface area contributed by atoms with Crippen LogP contribution in [0.2, 0.25) is 0 Å². The summed E-state index contributed by atoms with van der Waals surface area (Å²) in [6.07, 6.45) is 0.0139. The molecule has 0 heterocycles. The predicted molar refractivity (Wildman–Crippen MR) is 80.9 cm³/mol. The molecular formula is C14H20N2O3S. The zero-order valence-corrected chi connectivity index (χ0v) is 12.5. The van der Waals surface area contributed by atoms with Crippen LogP contribution >= 0.6 is 0 Å². The van der Waals surface area contributed by atoms with Crippen molar-refractivity contribution in [1.82, 2.24) is 0 Å². The van der Waals surface area contributed by atoms with Crippen molar-refractivity contribution in [1.29, 1.82) is 0 Å². The summed E-state index contributed by atoms with van der Waals surface area (Å²) in [5.41, 5.74) is 6.50. The number of ether oxygens (including phenoxy) is 1. The quantitative estimate of drug-likeness (QED) is 0.772. The summed E-state index contributed by atoms with van der Waals surface area (Å²) in [5, 5.41) is 0. The van der Waals surface area contributed by atoms with Crippen LogP contribution in [0.5, 0.6) is 0 Å². The highest BCUT2D eigenvalue weighted by Crippen LogP contribution is 2.11. The average Bonchev–Trinajstić information content (AvgIpc) is 2.35. The molecule has 0 unspecified atom stereocenters. The van der Waals surface area contributed by atoms with E-state index < -0.39 is 10.0 Å². The lowest BCUT2D eigenvalue weighted by atomic mass is 10.2. The number of benzene rings is 1. The maximum absolute atomic E-state index is 11.9. The molecule has 5 nitrogen and oxygen atoms in total. The fourth-order valence-electron chi connectivity index (χ4n) is 1.44. The molecule has 0 saturated carbocycles. The lowest BCUT2D eigenvalue weighted by Gasteiger charge is -2.10. The van der Waals surface area contributed by atoms with Crippen LogP contribution < -0.4 is 10.5 Å². The second-order valence-corrected chi connectivity index (χ2v) is 6.27. The fraction of sp³-hybridized carbons (Fsp3) is 0.429. The van der Waals surface area contributed by atoms with Crippen LogP contribution in [0.15, 0.2) is 24.3 Å². The highest BCUT2D eigenvalue weighted by molar-refractivity contribution is 7.92. The molecule has 0 spiro atoms. The molecule has 0 aliphatic carbocycles. The lowest BCUT2D eigenvalue weighted by molar-refractivity contribution is 0.0913. The van der Waals surface area contributed by atoms with Gasteiger partial charge in [-0.15, -0.1) is 0 Å². The normalized spacial score (nSPS) is 11.0. The third-order valence-corrected chi connectivity index (χ3v) is 3.52. The molecule has 20 heavy (non-hydrogen) atoms. The first-order valence-electron chi connectivity index (χ1n) is 6.34. The monoisotopic (exact) mass is 296 g/mol. The molecule has 3 N–H and O–H groups in total. The van der Waals surface area contributed by atoms with E-state index >= 15 is 0 Å². The summed E-state index contributed by atoms with van der Waals surface area (Å²) in [4.78, 5) is 0. The van der Waals surface area contributed by atoms with Crippen molar-refractivity contribution in [2.75, 3.05) is 23.6 Å². The van der Waals surface area contributed by atoms with Crippen LogP contribution in [-0.2, 0) is 14.8 Å². The number of nitrogens with one attached hydrogen (secondary N) is 1. The average molecular weight is 296 g/mol. The van der Waals surface area contributed by atoms with Gasteiger partial charge in [-0.25, -0.2) is 8.42 Å². The number of anilines is 1. The molecule has 0 aromatic heterocycles. The van der Waals surface area contributed by atoms with Crippen molar-refractivity contribution >= 4 is 15.7 Å². The third kappa shape index (κ3) is 6.57. The van der Waals surface area contributed by atoms with E-state index in [1.807, 2.05) is 13.8 Å². The molecule has 0 aliphatic heterocycles. The van der Waals surface area contributed by atoms with Gasteiger partial charge in [0.15, 0.2) is 0 Å². The first kappa shape index (κ1) is 16.5. The predicted octanol–water partition coefficient (Wildman–Crippen LogP) is 1.16. The molecule has 0 fully saturated rings. The Balaban J connectivity index is 2.67. The second-order valence-electron chi connectivity index (χ2n) is 4.43. The second kappa shape index (κ2) is 7.90. The summed E-state index contributed by atoms with van der Waals surface area (Å²) >= 11 is 0. The molecule has 0 radical (unpaired) electrons. The number of rotatable bonds is 6. The highest BCUT2D eigenvalue weighted by Gasteiger charge is 2.11. The van der Waals surface area contributed by atoms with Gasteiger partial charge < -0.3 is 10.5 Å². The smallest absolute Gasteiger partial charge is 0.235 e. The minimum Gasteiger partial charge on any atom is -0.378 e. The van der Waals surface area contributed by atoms with Crippen LogP contribution in [-0.4, -0.2) is 33.4 Å². The molecule has 0 saturated heterocycles. The maximum Gasteiger partial charge on any atom is 0.235 e. The van der Waals surface area contributed by atoms with Crippen molar-refractivity contribution in [3.8, 4) is 11.8 Å². The Morgan fingerprint density at radius 2 is 2.15 bits per heavy atom. The van der Waals surface area contributed by atoms with Crippen LogP contribution in [0, 0.1) is 11.8 Å². The van der Waals surface area contributed by atoms with Gasteiger partial charge in [-0.05, 0) is 32.0 Å². The standard InChI is InChI=1S/C14H20N2O3S/c1-12(2)19-9-10-20(17,18)16-14-7-3-5-13(11-14)6-4-8-15/h3,5,7,11-12,16H,8-10,15H2,1-2H3. The van der Waals surface area contributed by atoms with Gasteiger partial charge in [0.2, 0.25) is 10.0 Å². The fourth-order valence-corrected chi connectivity index (χ4v) is 2.34. The van der Waals surface area contributed by atoms with Crippen LogP contribution in [0.25, 0.3) is 0 Å². The van der Waals surface area contributed by atoms with Gasteiger partial charge in [0.1, 0.15) is 0 Å². The topological polar surface area (TPSA) is 81.4 Å². The first-order chi connectivity index (χ1) is 9.43. The molecule has 0 amide bonds. The SMILES string of the molecule is CC(C)OCCS(=O)(=O)Nc1cccc(C#CCN)c1. The van der Waals surface area contributed by atoms with Gasteiger partial charge in [0, 0.05) is 11.3 Å². The molecule has 0 bridgehead atoms. The van der Waals surface area contributed by atoms with E-state index in [9.17, 15) is 8.42 Å². The Hall–Kier alpha value is -1.55. The molecular weight excluding hydrogens is 276 g/mol. The van der Waals surface area contributed by atoms with Crippen LogP contribution in [0.1, 0.15) is 19.4 Å². The molecule has 1 aromatic carbocycles. The zero-order chi connectivity index (χ0) is 15.0. The minimum atomic E-state index is -3.42. The van der Waals surface area contributed by atoms with E-state index in [1.165, 1.54) is 0 Å². The molecule has 110 valence electrons. The van der Waals surface area contributed by atoms with E-state index in [0.717, 1.165) is 0 Å². The number of sulfonamides is 1. The number of nitrogens with two attached hydrogens (primary N) is 1. The van der Waals surface area contributed by atoms with Crippen LogP contribution in [0.4, 0.5) is 5.69 Å². The Kier molecular flexibility index (Phi) is 6.52. The lowest BCUT2D eigenvalue weighted by Crippen LogP contribution is -2.21. The van der Waals surface area contributed by atoms with Crippen LogP contribution in [0.3, 0.4) is 0 Å². The Morgan fingerprint density at radius 1 is 1.40 bits per heavy atom. The van der Waals surface area contributed by atoms with E-state index in [0.29, 0.717) is 11.3 Å². The molecule has 6 heteroatoms. The third-order valence-electron chi connectivity index (χ3n) is 2.27. The summed E-state index contributed by atoms with van der Waals surface area (Å²) < 4.78 is 31.5. The van der Waals surface area contributed by atoms with E-state index in [2.05, 4.69) is 16.6 Å². The first-order valence-corrected chi connectivity index (χ1v) is 7.99.